The zero-order chi connectivity index (χ0) is 20.3. The van der Waals surface area contributed by atoms with Crippen molar-refractivity contribution in [3.8, 4) is 11.5 Å². The van der Waals surface area contributed by atoms with Gasteiger partial charge in [0.15, 0.2) is 11.5 Å². The Morgan fingerprint density at radius 1 is 0.867 bits per heavy atom. The predicted molar refractivity (Wildman–Crippen MR) is 120 cm³/mol. The summed E-state index contributed by atoms with van der Waals surface area (Å²) in [4.78, 5) is 1.06. The van der Waals surface area contributed by atoms with Crippen molar-refractivity contribution in [1.82, 2.24) is 4.72 Å². The molecular weight excluding hydrogens is 394 g/mol. The predicted octanol–water partition coefficient (Wildman–Crippen LogP) is 6.29. The molecule has 0 aliphatic carbocycles. The summed E-state index contributed by atoms with van der Waals surface area (Å²) in [7, 11) is 0. The molecule has 30 heavy (non-hydrogen) atoms. The minimum absolute atomic E-state index is 0.0837. The second kappa shape index (κ2) is 8.46. The molecule has 2 heterocycles. The minimum Gasteiger partial charge on any atom is -0.490 e. The fraction of sp³-hybridized carbons (Fsp3) is 0.200. The number of aryl methyl sites for hydroxylation is 1. The first-order chi connectivity index (χ1) is 14.8. The van der Waals surface area contributed by atoms with Crippen LogP contribution in [0.15, 0.2) is 82.1 Å². The fourth-order valence-corrected chi connectivity index (χ4v) is 4.46. The normalized spacial score (nSPS) is 14.4. The molecule has 4 nitrogen and oxygen atoms in total. The lowest BCUT2D eigenvalue weighted by Gasteiger charge is -2.19. The Kier molecular flexibility index (Phi) is 5.39. The average Bonchev–Trinajstić information content (AvgIpc) is 3.05. The summed E-state index contributed by atoms with van der Waals surface area (Å²) in [5.41, 5.74) is 3.31. The van der Waals surface area contributed by atoms with E-state index in [0.717, 1.165) is 39.5 Å². The number of fused-ring (bicyclic) bond motifs is 2. The summed E-state index contributed by atoms with van der Waals surface area (Å²) in [6.45, 7) is 3.50. The lowest BCUT2D eigenvalue weighted by atomic mass is 10.00. The Morgan fingerprint density at radius 3 is 2.53 bits per heavy atom. The van der Waals surface area contributed by atoms with Gasteiger partial charge in [0.25, 0.3) is 0 Å². The maximum Gasteiger partial charge on any atom is 0.162 e. The summed E-state index contributed by atoms with van der Waals surface area (Å²) < 4.78 is 21.4. The molecule has 0 amide bonds. The number of nitrogens with one attached hydrogen (secondary N) is 1. The number of rotatable bonds is 5. The van der Waals surface area contributed by atoms with Crippen molar-refractivity contribution >= 4 is 22.9 Å². The molecule has 1 aliphatic heterocycles. The number of hydrogen-bond acceptors (Lipinski definition) is 5. The molecule has 0 spiro atoms. The van der Waals surface area contributed by atoms with Crippen LogP contribution in [-0.2, 0) is 0 Å². The SMILES string of the molecule is Cc1ccccc1C(NSc1ccc2c(c1)OCCCO2)c1cc2ccccc2o1. The van der Waals surface area contributed by atoms with Crippen LogP contribution in [0.1, 0.15) is 29.3 Å². The van der Waals surface area contributed by atoms with Gasteiger partial charge in [0.05, 0.1) is 13.2 Å². The topological polar surface area (TPSA) is 43.6 Å². The fourth-order valence-electron chi connectivity index (χ4n) is 3.66. The molecule has 1 atom stereocenters. The lowest BCUT2D eigenvalue weighted by Crippen LogP contribution is -2.16. The standard InChI is InChI=1S/C25H23NO3S/c1-17-7-2-4-9-20(17)25(24-15-18-8-3-5-10-21(18)29-24)26-30-19-11-12-22-23(16-19)28-14-6-13-27-22/h2-5,7-12,15-16,25-26H,6,13-14H2,1H3. The largest absolute Gasteiger partial charge is 0.490 e. The molecule has 0 bridgehead atoms. The highest BCUT2D eigenvalue weighted by molar-refractivity contribution is 7.97. The third-order valence-electron chi connectivity index (χ3n) is 5.24. The van der Waals surface area contributed by atoms with Crippen molar-refractivity contribution in [2.24, 2.45) is 0 Å². The van der Waals surface area contributed by atoms with E-state index < -0.39 is 0 Å². The summed E-state index contributed by atoms with van der Waals surface area (Å²) in [6, 6.07) is 24.6. The molecule has 4 aromatic rings. The molecule has 1 aromatic heterocycles. The maximum atomic E-state index is 6.21. The molecule has 0 fully saturated rings. The van der Waals surface area contributed by atoms with E-state index in [-0.39, 0.29) is 6.04 Å². The van der Waals surface area contributed by atoms with Crippen LogP contribution in [0.25, 0.3) is 11.0 Å². The molecule has 5 rings (SSSR count). The first-order valence-electron chi connectivity index (χ1n) is 10.1. The highest BCUT2D eigenvalue weighted by Crippen LogP contribution is 2.36. The summed E-state index contributed by atoms with van der Waals surface area (Å²) in [5.74, 6) is 2.51. The van der Waals surface area contributed by atoms with Gasteiger partial charge in [-0.05, 0) is 60.3 Å². The monoisotopic (exact) mass is 417 g/mol. The molecule has 1 aliphatic rings. The second-order valence-electron chi connectivity index (χ2n) is 7.36. The second-order valence-corrected chi connectivity index (χ2v) is 8.27. The van der Waals surface area contributed by atoms with Crippen molar-refractivity contribution in [3.63, 3.8) is 0 Å². The molecule has 0 saturated carbocycles. The van der Waals surface area contributed by atoms with Gasteiger partial charge in [-0.1, -0.05) is 42.5 Å². The van der Waals surface area contributed by atoms with Gasteiger partial charge < -0.3 is 13.9 Å². The van der Waals surface area contributed by atoms with Gasteiger partial charge in [-0.15, -0.1) is 0 Å². The lowest BCUT2D eigenvalue weighted by molar-refractivity contribution is 0.297. The molecule has 1 unspecified atom stereocenters. The number of benzene rings is 3. The van der Waals surface area contributed by atoms with Gasteiger partial charge in [-0.2, -0.15) is 0 Å². The van der Waals surface area contributed by atoms with Gasteiger partial charge in [-0.25, -0.2) is 4.72 Å². The third kappa shape index (κ3) is 3.91. The molecule has 1 N–H and O–H groups in total. The third-order valence-corrected chi connectivity index (χ3v) is 6.09. The van der Waals surface area contributed by atoms with Gasteiger partial charge in [0.1, 0.15) is 17.4 Å². The van der Waals surface area contributed by atoms with Gasteiger partial charge in [0.2, 0.25) is 0 Å². The van der Waals surface area contributed by atoms with E-state index in [1.165, 1.54) is 11.1 Å². The van der Waals surface area contributed by atoms with Crippen molar-refractivity contribution in [1.29, 1.82) is 0 Å². The number of ether oxygens (including phenoxy) is 2. The Bertz CT molecular complexity index is 1140. The highest BCUT2D eigenvalue weighted by Gasteiger charge is 2.21. The highest BCUT2D eigenvalue weighted by atomic mass is 32.2. The van der Waals surface area contributed by atoms with Crippen LogP contribution in [0, 0.1) is 6.92 Å². The Hall–Kier alpha value is -2.89. The van der Waals surface area contributed by atoms with Crippen molar-refractivity contribution in [3.05, 3.63) is 89.7 Å². The number of hydrogen-bond donors (Lipinski definition) is 1. The average molecular weight is 418 g/mol. The van der Waals surface area contributed by atoms with E-state index in [1.54, 1.807) is 11.9 Å². The van der Waals surface area contributed by atoms with E-state index in [2.05, 4.69) is 54.1 Å². The van der Waals surface area contributed by atoms with E-state index in [9.17, 15) is 0 Å². The zero-order valence-corrected chi connectivity index (χ0v) is 17.6. The van der Waals surface area contributed by atoms with E-state index in [0.29, 0.717) is 13.2 Å². The van der Waals surface area contributed by atoms with Crippen LogP contribution < -0.4 is 14.2 Å². The smallest absolute Gasteiger partial charge is 0.162 e. The molecule has 3 aromatic carbocycles. The number of furan rings is 1. The molecular formula is C25H23NO3S. The van der Waals surface area contributed by atoms with Crippen LogP contribution in [0.4, 0.5) is 0 Å². The van der Waals surface area contributed by atoms with E-state index >= 15 is 0 Å². The van der Waals surface area contributed by atoms with Gasteiger partial charge in [0, 0.05) is 16.7 Å². The minimum atomic E-state index is -0.0837. The maximum absolute atomic E-state index is 6.21. The Balaban J connectivity index is 1.45. The summed E-state index contributed by atoms with van der Waals surface area (Å²) in [5, 5.41) is 1.11. The molecule has 5 heteroatoms. The van der Waals surface area contributed by atoms with Crippen LogP contribution >= 0.6 is 11.9 Å². The van der Waals surface area contributed by atoms with Crippen LogP contribution in [0.3, 0.4) is 0 Å². The van der Waals surface area contributed by atoms with Crippen molar-refractivity contribution in [2.75, 3.05) is 13.2 Å². The Labute approximate surface area is 180 Å². The van der Waals surface area contributed by atoms with Crippen molar-refractivity contribution < 1.29 is 13.9 Å². The molecule has 0 saturated heterocycles. The van der Waals surface area contributed by atoms with E-state index in [1.807, 2.05) is 30.3 Å². The van der Waals surface area contributed by atoms with E-state index in [4.69, 9.17) is 13.9 Å². The first kappa shape index (κ1) is 19.1. The Morgan fingerprint density at radius 2 is 1.67 bits per heavy atom. The summed E-state index contributed by atoms with van der Waals surface area (Å²) >= 11 is 1.57. The van der Waals surface area contributed by atoms with Gasteiger partial charge in [-0.3, -0.25) is 0 Å². The van der Waals surface area contributed by atoms with Crippen molar-refractivity contribution in [2.45, 2.75) is 24.3 Å². The number of para-hydroxylation sites is 1. The summed E-state index contributed by atoms with van der Waals surface area (Å²) in [6.07, 6.45) is 0.900. The molecule has 152 valence electrons. The first-order valence-corrected chi connectivity index (χ1v) is 11.0. The van der Waals surface area contributed by atoms with Crippen LogP contribution in [0.2, 0.25) is 0 Å². The quantitative estimate of drug-likeness (QED) is 0.387. The van der Waals surface area contributed by atoms with Crippen LogP contribution in [-0.4, -0.2) is 13.2 Å². The van der Waals surface area contributed by atoms with Crippen LogP contribution in [0.5, 0.6) is 11.5 Å². The van der Waals surface area contributed by atoms with Gasteiger partial charge >= 0.3 is 0 Å². The zero-order valence-electron chi connectivity index (χ0n) is 16.8. The molecule has 0 radical (unpaired) electrons.